The second-order valence-electron chi connectivity index (χ2n) is 8.25. The van der Waals surface area contributed by atoms with Gasteiger partial charge in [0.25, 0.3) is 5.91 Å². The lowest BCUT2D eigenvalue weighted by molar-refractivity contribution is 0.0614. The van der Waals surface area contributed by atoms with Crippen LogP contribution >= 0.6 is 11.8 Å². The average Bonchev–Trinajstić information content (AvgIpc) is 3.51. The molecule has 0 N–H and O–H groups in total. The lowest BCUT2D eigenvalue weighted by Gasteiger charge is -2.34. The third kappa shape index (κ3) is 4.20. The molecule has 0 radical (unpaired) electrons. The number of fused-ring (bicyclic) bond motifs is 1. The minimum atomic E-state index is 0.233. The molecule has 0 spiro atoms. The van der Waals surface area contributed by atoms with E-state index in [1.54, 1.807) is 11.8 Å². The third-order valence-electron chi connectivity index (χ3n) is 6.04. The Morgan fingerprint density at radius 3 is 2.48 bits per heavy atom. The van der Waals surface area contributed by atoms with Crippen LogP contribution in [0.4, 0.5) is 0 Å². The number of thioether (sulfide) groups is 1. The van der Waals surface area contributed by atoms with Crippen LogP contribution in [0.15, 0.2) is 59.8 Å². The van der Waals surface area contributed by atoms with Crippen molar-refractivity contribution in [2.24, 2.45) is 0 Å². The summed E-state index contributed by atoms with van der Waals surface area (Å²) in [6.45, 7) is 0. The van der Waals surface area contributed by atoms with Gasteiger partial charge in [0, 0.05) is 40.7 Å². The van der Waals surface area contributed by atoms with Gasteiger partial charge in [-0.15, -0.1) is 11.8 Å². The fraction of sp³-hybridized carbons (Fsp3) is 0.417. The van der Waals surface area contributed by atoms with Gasteiger partial charge in [-0.1, -0.05) is 25.3 Å². The maximum atomic E-state index is 13.2. The Morgan fingerprint density at radius 2 is 1.76 bits per heavy atom. The summed E-state index contributed by atoms with van der Waals surface area (Å²) < 4.78 is 2.05. The molecule has 2 aromatic heterocycles. The van der Waals surface area contributed by atoms with E-state index in [0.717, 1.165) is 22.7 Å². The molecule has 2 aliphatic rings. The Hall–Kier alpha value is -2.27. The SMILES string of the molecule is O=C(c1ccc(SCc2cn3ccccc3n2)cc1)N(C1CCCCC1)C1CC1. The number of hydrogen-bond donors (Lipinski definition) is 0. The van der Waals surface area contributed by atoms with Crippen LogP contribution in [0.2, 0.25) is 0 Å². The van der Waals surface area contributed by atoms with Crippen molar-refractivity contribution >= 4 is 23.3 Å². The largest absolute Gasteiger partial charge is 0.333 e. The van der Waals surface area contributed by atoms with E-state index in [1.807, 2.05) is 36.5 Å². The first-order chi connectivity index (χ1) is 14.3. The standard InChI is InChI=1S/C24H27N3OS/c28-24(27(21-11-12-21)20-6-2-1-3-7-20)18-9-13-22(14-10-18)29-17-19-16-26-15-5-4-8-23(26)25-19/h4-5,8-10,13-16,20-21H,1-3,6-7,11-12,17H2. The highest BCUT2D eigenvalue weighted by Gasteiger charge is 2.38. The maximum Gasteiger partial charge on any atom is 0.254 e. The Kier molecular flexibility index (Phi) is 5.32. The summed E-state index contributed by atoms with van der Waals surface area (Å²) in [6, 6.07) is 15.2. The van der Waals surface area contributed by atoms with E-state index >= 15 is 0 Å². The summed E-state index contributed by atoms with van der Waals surface area (Å²) in [5.74, 6) is 1.06. The van der Waals surface area contributed by atoms with Crippen LogP contribution in [0.25, 0.3) is 5.65 Å². The molecule has 5 rings (SSSR count). The lowest BCUT2D eigenvalue weighted by Crippen LogP contribution is -2.43. The predicted octanol–water partition coefficient (Wildman–Crippen LogP) is 5.56. The summed E-state index contributed by atoms with van der Waals surface area (Å²) in [5.41, 5.74) is 2.88. The van der Waals surface area contributed by atoms with Crippen molar-refractivity contribution in [2.45, 2.75) is 67.7 Å². The smallest absolute Gasteiger partial charge is 0.254 e. The number of hydrogen-bond acceptors (Lipinski definition) is 3. The molecule has 0 unspecified atom stereocenters. The Balaban J connectivity index is 1.24. The number of rotatable bonds is 6. The number of aromatic nitrogens is 2. The van der Waals surface area contributed by atoms with Crippen molar-refractivity contribution in [1.82, 2.24) is 14.3 Å². The molecule has 4 nitrogen and oxygen atoms in total. The zero-order valence-corrected chi connectivity index (χ0v) is 17.5. The summed E-state index contributed by atoms with van der Waals surface area (Å²) in [7, 11) is 0. The first kappa shape index (κ1) is 18.7. The highest BCUT2D eigenvalue weighted by Crippen LogP contribution is 2.35. The van der Waals surface area contributed by atoms with Crippen LogP contribution in [0.3, 0.4) is 0 Å². The van der Waals surface area contributed by atoms with E-state index in [9.17, 15) is 4.79 Å². The van der Waals surface area contributed by atoms with Gasteiger partial charge in [-0.2, -0.15) is 0 Å². The van der Waals surface area contributed by atoms with E-state index in [4.69, 9.17) is 0 Å². The van der Waals surface area contributed by atoms with Crippen molar-refractivity contribution in [3.63, 3.8) is 0 Å². The number of nitrogens with zero attached hydrogens (tertiary/aromatic N) is 3. The molecule has 0 atom stereocenters. The van der Waals surface area contributed by atoms with Crippen LogP contribution in [0.5, 0.6) is 0 Å². The second-order valence-corrected chi connectivity index (χ2v) is 9.30. The Morgan fingerprint density at radius 1 is 1.00 bits per heavy atom. The number of amides is 1. The minimum Gasteiger partial charge on any atom is -0.333 e. The molecule has 1 aromatic carbocycles. The van der Waals surface area contributed by atoms with Gasteiger partial charge in [-0.25, -0.2) is 4.98 Å². The summed E-state index contributed by atoms with van der Waals surface area (Å²) in [4.78, 5) is 21.3. The predicted molar refractivity (Wildman–Crippen MR) is 117 cm³/mol. The highest BCUT2D eigenvalue weighted by molar-refractivity contribution is 7.98. The molecule has 2 saturated carbocycles. The van der Waals surface area contributed by atoms with Crippen molar-refractivity contribution in [1.29, 1.82) is 0 Å². The molecular weight excluding hydrogens is 378 g/mol. The fourth-order valence-corrected chi connectivity index (χ4v) is 5.18. The lowest BCUT2D eigenvalue weighted by atomic mass is 9.93. The van der Waals surface area contributed by atoms with Gasteiger partial charge in [0.15, 0.2) is 0 Å². The molecule has 1 amide bonds. The molecule has 3 aromatic rings. The van der Waals surface area contributed by atoms with Gasteiger partial charge >= 0.3 is 0 Å². The van der Waals surface area contributed by atoms with Crippen LogP contribution in [0, 0.1) is 0 Å². The summed E-state index contributed by atoms with van der Waals surface area (Å²) >= 11 is 1.76. The molecule has 2 fully saturated rings. The van der Waals surface area contributed by atoms with E-state index in [2.05, 4.69) is 32.6 Å². The first-order valence-electron chi connectivity index (χ1n) is 10.8. The molecule has 5 heteroatoms. The first-order valence-corrected chi connectivity index (χ1v) is 11.7. The van der Waals surface area contributed by atoms with Crippen LogP contribution < -0.4 is 0 Å². The van der Waals surface area contributed by atoms with E-state index in [-0.39, 0.29) is 5.91 Å². The second kappa shape index (κ2) is 8.23. The van der Waals surface area contributed by atoms with Crippen molar-refractivity contribution in [3.8, 4) is 0 Å². The van der Waals surface area contributed by atoms with Crippen LogP contribution in [-0.2, 0) is 5.75 Å². The molecule has 0 bridgehead atoms. The van der Waals surface area contributed by atoms with E-state index < -0.39 is 0 Å². The Labute approximate surface area is 176 Å². The van der Waals surface area contributed by atoms with Gasteiger partial charge in [0.2, 0.25) is 0 Å². The maximum absolute atomic E-state index is 13.2. The number of pyridine rings is 1. The third-order valence-corrected chi connectivity index (χ3v) is 7.09. The van der Waals surface area contributed by atoms with Crippen molar-refractivity contribution in [2.75, 3.05) is 0 Å². The average molecular weight is 406 g/mol. The quantitative estimate of drug-likeness (QED) is 0.504. The molecule has 2 heterocycles. The molecule has 0 aliphatic heterocycles. The summed E-state index contributed by atoms with van der Waals surface area (Å²) in [5, 5.41) is 0. The zero-order chi connectivity index (χ0) is 19.6. The van der Waals surface area contributed by atoms with E-state index in [0.29, 0.717) is 12.1 Å². The van der Waals surface area contributed by atoms with Gasteiger partial charge in [0.1, 0.15) is 5.65 Å². The van der Waals surface area contributed by atoms with Crippen molar-refractivity contribution < 1.29 is 4.79 Å². The van der Waals surface area contributed by atoms with Gasteiger partial charge in [-0.05, 0) is 62.1 Å². The minimum absolute atomic E-state index is 0.233. The van der Waals surface area contributed by atoms with Crippen LogP contribution in [-0.4, -0.2) is 32.3 Å². The zero-order valence-electron chi connectivity index (χ0n) is 16.7. The van der Waals surface area contributed by atoms with Crippen molar-refractivity contribution in [3.05, 3.63) is 66.1 Å². The normalized spacial score (nSPS) is 17.5. The van der Waals surface area contributed by atoms with Crippen LogP contribution in [0.1, 0.15) is 61.0 Å². The fourth-order valence-electron chi connectivity index (χ4n) is 4.40. The molecule has 150 valence electrons. The summed E-state index contributed by atoms with van der Waals surface area (Å²) in [6.07, 6.45) is 12.7. The molecular formula is C24H27N3OS. The number of carbonyl (C=O) groups is 1. The number of imidazole rings is 1. The molecule has 0 saturated heterocycles. The van der Waals surface area contributed by atoms with Gasteiger partial charge < -0.3 is 9.30 Å². The number of benzene rings is 1. The molecule has 2 aliphatic carbocycles. The topological polar surface area (TPSA) is 37.6 Å². The number of carbonyl (C=O) groups excluding carboxylic acids is 1. The molecule has 29 heavy (non-hydrogen) atoms. The monoisotopic (exact) mass is 405 g/mol. The van der Waals surface area contributed by atoms with Gasteiger partial charge in [-0.3, -0.25) is 4.79 Å². The van der Waals surface area contributed by atoms with E-state index in [1.165, 1.54) is 49.8 Å². The Bertz CT molecular complexity index is 954. The highest BCUT2D eigenvalue weighted by atomic mass is 32.2. The van der Waals surface area contributed by atoms with Gasteiger partial charge in [0.05, 0.1) is 5.69 Å².